The minimum Gasteiger partial charge on any atom is -0.382 e. The van der Waals surface area contributed by atoms with Crippen molar-refractivity contribution in [2.45, 2.75) is 13.8 Å². The van der Waals surface area contributed by atoms with E-state index in [0.717, 1.165) is 13.2 Å². The standard InChI is InChI=1S/C4H10O.C3H5.Na.H2O4S/c1-3-5-4-2;1-3-2;;1-5(2,3)4/h3-4H2,1-2H3;3H,1-2H2;;(H2,1,2,3,4)/q;-1;+1;. The Morgan fingerprint density at radius 2 is 1.50 bits per heavy atom. The average molecular weight is 236 g/mol. The van der Waals surface area contributed by atoms with Gasteiger partial charge in [-0.2, -0.15) is 8.42 Å². The van der Waals surface area contributed by atoms with Crippen molar-refractivity contribution in [2.75, 3.05) is 13.2 Å². The summed E-state index contributed by atoms with van der Waals surface area (Å²) in [5, 5.41) is 0. The van der Waals surface area contributed by atoms with Crippen molar-refractivity contribution in [3.8, 4) is 0 Å². The number of hydrogen-bond donors (Lipinski definition) is 2. The molecule has 0 saturated carbocycles. The molecule has 0 aromatic carbocycles. The summed E-state index contributed by atoms with van der Waals surface area (Å²) in [6.07, 6.45) is 1.50. The van der Waals surface area contributed by atoms with E-state index in [-0.39, 0.29) is 29.6 Å². The summed E-state index contributed by atoms with van der Waals surface area (Å²) < 4.78 is 36.4. The van der Waals surface area contributed by atoms with E-state index >= 15 is 0 Å². The first-order chi connectivity index (χ1) is 5.83. The molecule has 0 aromatic rings. The Balaban J connectivity index is -0.0000000535. The van der Waals surface area contributed by atoms with Gasteiger partial charge in [-0.3, -0.25) is 9.11 Å². The van der Waals surface area contributed by atoms with Crippen LogP contribution in [0.15, 0.2) is 12.7 Å². The van der Waals surface area contributed by atoms with Crippen LogP contribution < -0.4 is 29.6 Å². The molecule has 0 spiro atoms. The minimum atomic E-state index is -4.67. The van der Waals surface area contributed by atoms with E-state index in [2.05, 4.69) is 13.5 Å². The van der Waals surface area contributed by atoms with E-state index in [1.165, 1.54) is 6.08 Å². The summed E-state index contributed by atoms with van der Waals surface area (Å²) in [5.41, 5.74) is 0. The molecule has 0 bridgehead atoms. The van der Waals surface area contributed by atoms with E-state index in [1.807, 2.05) is 13.8 Å². The summed E-state index contributed by atoms with van der Waals surface area (Å²) in [6, 6.07) is 0. The molecule has 0 atom stereocenters. The second-order valence-corrected chi connectivity index (χ2v) is 2.41. The second kappa shape index (κ2) is 19.1. The van der Waals surface area contributed by atoms with Gasteiger partial charge in [0.15, 0.2) is 0 Å². The summed E-state index contributed by atoms with van der Waals surface area (Å²) in [4.78, 5) is 0. The average Bonchev–Trinajstić information content (AvgIpc) is 1.87. The summed E-state index contributed by atoms with van der Waals surface area (Å²) in [6.45, 7) is 12.2. The molecule has 0 rings (SSSR count). The van der Waals surface area contributed by atoms with Crippen LogP contribution in [0.5, 0.6) is 0 Å². The van der Waals surface area contributed by atoms with Gasteiger partial charge in [0.25, 0.3) is 0 Å². The van der Waals surface area contributed by atoms with Crippen molar-refractivity contribution in [3.63, 3.8) is 0 Å². The molecular formula is C7H17NaO5S. The largest absolute Gasteiger partial charge is 1.00 e. The Morgan fingerprint density at radius 1 is 1.36 bits per heavy atom. The Morgan fingerprint density at radius 3 is 1.50 bits per heavy atom. The quantitative estimate of drug-likeness (QED) is 0.343. The summed E-state index contributed by atoms with van der Waals surface area (Å²) in [7, 11) is -4.67. The van der Waals surface area contributed by atoms with Gasteiger partial charge in [0, 0.05) is 13.2 Å². The number of allylic oxidation sites excluding steroid dienone is 1. The molecule has 0 aliphatic heterocycles. The molecule has 0 aliphatic rings. The summed E-state index contributed by atoms with van der Waals surface area (Å²) in [5.74, 6) is 0. The molecule has 7 heteroatoms. The van der Waals surface area contributed by atoms with Gasteiger partial charge < -0.3 is 4.74 Å². The Kier molecular flexibility index (Phi) is 32.6. The number of hydrogen-bond acceptors (Lipinski definition) is 3. The maximum absolute atomic E-state index is 8.74. The fraction of sp³-hybridized carbons (Fsp3) is 0.571. The SMILES string of the molecule is C=C[CH2-].CCOCC.O=S(=O)(O)O.[Na+]. The molecule has 2 N–H and O–H groups in total. The van der Waals surface area contributed by atoms with E-state index in [0.29, 0.717) is 0 Å². The van der Waals surface area contributed by atoms with Crippen molar-refractivity contribution < 1.29 is 51.8 Å². The van der Waals surface area contributed by atoms with E-state index in [1.54, 1.807) is 0 Å². The van der Waals surface area contributed by atoms with Crippen LogP contribution in [0.1, 0.15) is 13.8 Å². The second-order valence-electron chi connectivity index (χ2n) is 1.52. The third-order valence-electron chi connectivity index (χ3n) is 0.408. The number of ether oxygens (including phenoxy) is 1. The van der Waals surface area contributed by atoms with Gasteiger partial charge in [-0.25, -0.2) is 19.6 Å². The van der Waals surface area contributed by atoms with Crippen molar-refractivity contribution in [1.29, 1.82) is 0 Å². The van der Waals surface area contributed by atoms with Crippen LogP contribution in [0.4, 0.5) is 0 Å². The van der Waals surface area contributed by atoms with Crippen molar-refractivity contribution in [1.82, 2.24) is 0 Å². The molecule has 5 nitrogen and oxygen atoms in total. The molecule has 82 valence electrons. The summed E-state index contributed by atoms with van der Waals surface area (Å²) >= 11 is 0. The van der Waals surface area contributed by atoms with Crippen LogP contribution >= 0.6 is 0 Å². The third-order valence-corrected chi connectivity index (χ3v) is 0.408. The van der Waals surface area contributed by atoms with Gasteiger partial charge in [0.2, 0.25) is 0 Å². The number of rotatable bonds is 2. The molecule has 0 aromatic heterocycles. The van der Waals surface area contributed by atoms with Crippen molar-refractivity contribution in [2.24, 2.45) is 0 Å². The van der Waals surface area contributed by atoms with Crippen LogP contribution in [-0.2, 0) is 15.1 Å². The smallest absolute Gasteiger partial charge is 0.382 e. The zero-order valence-electron chi connectivity index (χ0n) is 8.93. The topological polar surface area (TPSA) is 83.8 Å². The van der Waals surface area contributed by atoms with Crippen LogP contribution in [0.3, 0.4) is 0 Å². The predicted octanol–water partition coefficient (Wildman–Crippen LogP) is -1.60. The zero-order valence-corrected chi connectivity index (χ0v) is 11.7. The maximum atomic E-state index is 8.74. The predicted molar refractivity (Wildman–Crippen MR) is 51.9 cm³/mol. The van der Waals surface area contributed by atoms with Crippen molar-refractivity contribution in [3.05, 3.63) is 19.6 Å². The monoisotopic (exact) mass is 236 g/mol. The Hall–Kier alpha value is 0.440. The van der Waals surface area contributed by atoms with Crippen LogP contribution in [0.2, 0.25) is 0 Å². The zero-order chi connectivity index (χ0) is 11.3. The van der Waals surface area contributed by atoms with Gasteiger partial charge in [-0.1, -0.05) is 0 Å². The molecule has 0 heterocycles. The van der Waals surface area contributed by atoms with E-state index < -0.39 is 10.4 Å². The first-order valence-corrected chi connectivity index (χ1v) is 4.90. The first kappa shape index (κ1) is 23.9. The fourth-order valence-corrected chi connectivity index (χ4v) is 0.204. The molecular weight excluding hydrogens is 219 g/mol. The first-order valence-electron chi connectivity index (χ1n) is 3.51. The van der Waals surface area contributed by atoms with Gasteiger partial charge in [0.1, 0.15) is 0 Å². The molecule has 0 fully saturated rings. The molecule has 14 heavy (non-hydrogen) atoms. The molecule has 0 radical (unpaired) electrons. The van der Waals surface area contributed by atoms with Gasteiger partial charge >= 0.3 is 40.0 Å². The van der Waals surface area contributed by atoms with E-state index in [9.17, 15) is 0 Å². The maximum Gasteiger partial charge on any atom is 1.00 e. The molecule has 0 amide bonds. The molecule has 0 aliphatic carbocycles. The van der Waals surface area contributed by atoms with E-state index in [4.69, 9.17) is 22.3 Å². The van der Waals surface area contributed by atoms with Crippen LogP contribution in [0.25, 0.3) is 0 Å². The normalized spacial score (nSPS) is 8.00. The van der Waals surface area contributed by atoms with Crippen LogP contribution in [0, 0.1) is 6.92 Å². The Labute approximate surface area is 108 Å². The van der Waals surface area contributed by atoms with Gasteiger partial charge in [0.05, 0.1) is 0 Å². The van der Waals surface area contributed by atoms with Crippen LogP contribution in [-0.4, -0.2) is 30.7 Å². The van der Waals surface area contributed by atoms with Gasteiger partial charge in [-0.05, 0) is 13.8 Å². The minimum absolute atomic E-state index is 0. The fourth-order valence-electron chi connectivity index (χ4n) is 0.204. The van der Waals surface area contributed by atoms with Crippen molar-refractivity contribution >= 4 is 10.4 Å². The third kappa shape index (κ3) is 273. The Bertz CT molecular complexity index is 169. The molecule has 0 saturated heterocycles. The van der Waals surface area contributed by atoms with Gasteiger partial charge in [-0.15, -0.1) is 0 Å². The molecule has 0 unspecified atom stereocenters.